The van der Waals surface area contributed by atoms with Gasteiger partial charge in [-0.1, -0.05) is 30.3 Å². The van der Waals surface area contributed by atoms with Crippen LogP contribution in [0, 0.1) is 0 Å². The third kappa shape index (κ3) is 4.32. The van der Waals surface area contributed by atoms with Gasteiger partial charge in [0.2, 0.25) is 0 Å². The molecule has 22 heavy (non-hydrogen) atoms. The van der Waals surface area contributed by atoms with Crippen LogP contribution in [0.4, 0.5) is 5.69 Å². The number of thiocarbonyl (C=S) groups is 1. The molecule has 0 radical (unpaired) electrons. The minimum Gasteiger partial charge on any atom is -0.367 e. The van der Waals surface area contributed by atoms with Crippen molar-refractivity contribution in [3.63, 3.8) is 0 Å². The maximum Gasteiger partial charge on any atom is 0.259 e. The van der Waals surface area contributed by atoms with Gasteiger partial charge in [0, 0.05) is 6.20 Å². The summed E-state index contributed by atoms with van der Waals surface area (Å²) < 4.78 is 5.44. The quantitative estimate of drug-likeness (QED) is 0.493. The van der Waals surface area contributed by atoms with Crippen molar-refractivity contribution in [2.24, 2.45) is 5.84 Å². The molecule has 2 aromatic rings. The summed E-state index contributed by atoms with van der Waals surface area (Å²) in [5, 5.41) is 0.0845. The van der Waals surface area contributed by atoms with Gasteiger partial charge in [0.05, 0.1) is 18.5 Å². The first-order valence-corrected chi connectivity index (χ1v) is 6.98. The number of benzene rings is 1. The molecule has 0 saturated heterocycles. The first-order chi connectivity index (χ1) is 10.7. The Morgan fingerprint density at radius 1 is 1.27 bits per heavy atom. The molecule has 7 heteroatoms. The van der Waals surface area contributed by atoms with Gasteiger partial charge in [0.1, 0.15) is 6.61 Å². The highest BCUT2D eigenvalue weighted by molar-refractivity contribution is 7.80. The van der Waals surface area contributed by atoms with E-state index in [0.29, 0.717) is 12.3 Å². The monoisotopic (exact) mass is 316 g/mol. The van der Waals surface area contributed by atoms with Crippen LogP contribution in [0.2, 0.25) is 0 Å². The van der Waals surface area contributed by atoms with Crippen LogP contribution in [-0.2, 0) is 16.1 Å². The van der Waals surface area contributed by atoms with Crippen LogP contribution in [0.3, 0.4) is 0 Å². The van der Waals surface area contributed by atoms with Gasteiger partial charge in [-0.2, -0.15) is 0 Å². The van der Waals surface area contributed by atoms with Gasteiger partial charge >= 0.3 is 0 Å². The lowest BCUT2D eigenvalue weighted by atomic mass is 10.2. The molecular weight excluding hydrogens is 300 g/mol. The minimum atomic E-state index is -0.327. The first-order valence-electron chi connectivity index (χ1n) is 6.57. The Kier molecular flexibility index (Phi) is 5.96. The van der Waals surface area contributed by atoms with Gasteiger partial charge in [-0.15, -0.1) is 0 Å². The van der Waals surface area contributed by atoms with E-state index in [4.69, 9.17) is 22.8 Å². The minimum absolute atomic E-state index is 0.0845. The number of rotatable bonds is 5. The summed E-state index contributed by atoms with van der Waals surface area (Å²) in [5.74, 6) is 4.99. The molecule has 3 N–H and O–H groups in total. The molecule has 0 aliphatic carbocycles. The maximum absolute atomic E-state index is 12.3. The molecule has 1 heterocycles. The third-order valence-corrected chi connectivity index (χ3v) is 3.12. The van der Waals surface area contributed by atoms with Gasteiger partial charge in [-0.3, -0.25) is 14.7 Å². The molecule has 0 saturated carbocycles. The van der Waals surface area contributed by atoms with E-state index in [-0.39, 0.29) is 17.6 Å². The zero-order chi connectivity index (χ0) is 15.8. The van der Waals surface area contributed by atoms with Crippen molar-refractivity contribution >= 4 is 28.9 Å². The number of amides is 1. The van der Waals surface area contributed by atoms with E-state index in [1.54, 1.807) is 18.3 Å². The molecule has 0 fully saturated rings. The second kappa shape index (κ2) is 8.18. The lowest BCUT2D eigenvalue weighted by Crippen LogP contribution is -2.48. The van der Waals surface area contributed by atoms with Gasteiger partial charge in [-0.25, -0.2) is 5.84 Å². The topological polar surface area (TPSA) is 80.5 Å². The predicted molar refractivity (Wildman–Crippen MR) is 87.7 cm³/mol. The number of ether oxygens (including phenoxy) is 1. The van der Waals surface area contributed by atoms with Crippen molar-refractivity contribution in [3.8, 4) is 0 Å². The molecule has 0 aliphatic heterocycles. The Balaban J connectivity index is 1.99. The molecule has 0 spiro atoms. The van der Waals surface area contributed by atoms with Crippen molar-refractivity contribution in [3.05, 3.63) is 60.4 Å². The lowest BCUT2D eigenvalue weighted by molar-refractivity contribution is -0.122. The van der Waals surface area contributed by atoms with Crippen molar-refractivity contribution in [1.82, 2.24) is 10.4 Å². The standard InChI is InChI=1S/C15H16N4O2S/c16-18-15(22)19(13-7-4-8-17-9-13)14(20)11-21-10-12-5-2-1-3-6-12/h1-9H,10-11,16H2,(H,18,22). The number of aromatic nitrogens is 1. The SMILES string of the molecule is NNC(=S)N(C(=O)COCc1ccccc1)c1cccnc1. The molecule has 0 aliphatic rings. The molecule has 1 aromatic carbocycles. The second-order valence-corrected chi connectivity index (χ2v) is 4.75. The third-order valence-electron chi connectivity index (χ3n) is 2.82. The molecule has 0 bridgehead atoms. The Morgan fingerprint density at radius 2 is 2.05 bits per heavy atom. The summed E-state index contributed by atoms with van der Waals surface area (Å²) in [5.41, 5.74) is 3.82. The number of hydrazine groups is 1. The molecule has 0 atom stereocenters. The molecule has 2 rings (SSSR count). The van der Waals surface area contributed by atoms with E-state index >= 15 is 0 Å². The number of nitrogens with zero attached hydrogens (tertiary/aromatic N) is 2. The first kappa shape index (κ1) is 16.0. The molecular formula is C15H16N4O2S. The van der Waals surface area contributed by atoms with Crippen LogP contribution in [0.5, 0.6) is 0 Å². The summed E-state index contributed by atoms with van der Waals surface area (Å²) >= 11 is 5.06. The fourth-order valence-electron chi connectivity index (χ4n) is 1.82. The highest BCUT2D eigenvalue weighted by Crippen LogP contribution is 2.12. The summed E-state index contributed by atoms with van der Waals surface area (Å²) in [7, 11) is 0. The van der Waals surface area contributed by atoms with Crippen LogP contribution in [-0.4, -0.2) is 22.6 Å². The van der Waals surface area contributed by atoms with Gasteiger partial charge in [0.15, 0.2) is 5.11 Å². The molecule has 0 unspecified atom stereocenters. The van der Waals surface area contributed by atoms with Crippen molar-refractivity contribution in [2.75, 3.05) is 11.5 Å². The number of carbonyl (C=O) groups is 1. The van der Waals surface area contributed by atoms with Crippen LogP contribution >= 0.6 is 12.2 Å². The highest BCUT2D eigenvalue weighted by atomic mass is 32.1. The average molecular weight is 316 g/mol. The smallest absolute Gasteiger partial charge is 0.259 e. The van der Waals surface area contributed by atoms with Gasteiger partial charge in [0.25, 0.3) is 5.91 Å². The fraction of sp³-hybridized carbons (Fsp3) is 0.133. The second-order valence-electron chi connectivity index (χ2n) is 4.37. The van der Waals surface area contributed by atoms with E-state index in [1.807, 2.05) is 30.3 Å². The zero-order valence-electron chi connectivity index (χ0n) is 11.8. The predicted octanol–water partition coefficient (Wildman–Crippen LogP) is 1.38. The Labute approximate surface area is 133 Å². The number of anilines is 1. The Bertz CT molecular complexity index is 622. The fourth-order valence-corrected chi connectivity index (χ4v) is 2.03. The van der Waals surface area contributed by atoms with Crippen LogP contribution in [0.1, 0.15) is 5.56 Å². The van der Waals surface area contributed by atoms with Gasteiger partial charge < -0.3 is 10.2 Å². The number of carbonyl (C=O) groups excluding carboxylic acids is 1. The molecule has 1 amide bonds. The summed E-state index contributed by atoms with van der Waals surface area (Å²) in [6, 6.07) is 13.0. The molecule has 114 valence electrons. The number of pyridine rings is 1. The molecule has 6 nitrogen and oxygen atoms in total. The average Bonchev–Trinajstić information content (AvgIpc) is 2.57. The summed E-state index contributed by atoms with van der Waals surface area (Å²) in [6.45, 7) is 0.224. The summed E-state index contributed by atoms with van der Waals surface area (Å²) in [6.07, 6.45) is 3.13. The van der Waals surface area contributed by atoms with Crippen LogP contribution < -0.4 is 16.2 Å². The number of hydrogen-bond acceptors (Lipinski definition) is 5. The highest BCUT2D eigenvalue weighted by Gasteiger charge is 2.20. The zero-order valence-corrected chi connectivity index (χ0v) is 12.6. The Morgan fingerprint density at radius 3 is 2.68 bits per heavy atom. The van der Waals surface area contributed by atoms with Crippen molar-refractivity contribution in [1.29, 1.82) is 0 Å². The van der Waals surface area contributed by atoms with E-state index in [0.717, 1.165) is 5.56 Å². The summed E-state index contributed by atoms with van der Waals surface area (Å²) in [4.78, 5) is 17.6. The van der Waals surface area contributed by atoms with Crippen molar-refractivity contribution < 1.29 is 9.53 Å². The van der Waals surface area contributed by atoms with Gasteiger partial charge in [-0.05, 0) is 29.9 Å². The number of nitrogens with two attached hydrogens (primary N) is 1. The van der Waals surface area contributed by atoms with E-state index < -0.39 is 0 Å². The largest absolute Gasteiger partial charge is 0.367 e. The van der Waals surface area contributed by atoms with Crippen LogP contribution in [0.25, 0.3) is 0 Å². The molecule has 1 aromatic heterocycles. The maximum atomic E-state index is 12.3. The number of hydrogen-bond donors (Lipinski definition) is 2. The number of nitrogens with one attached hydrogen (secondary N) is 1. The van der Waals surface area contributed by atoms with E-state index in [1.165, 1.54) is 11.1 Å². The Hall–Kier alpha value is -2.35. The van der Waals surface area contributed by atoms with E-state index in [2.05, 4.69) is 10.4 Å². The lowest BCUT2D eigenvalue weighted by Gasteiger charge is -2.22. The normalized spacial score (nSPS) is 10.0. The van der Waals surface area contributed by atoms with Crippen LogP contribution in [0.15, 0.2) is 54.9 Å². The van der Waals surface area contributed by atoms with Crippen molar-refractivity contribution in [2.45, 2.75) is 6.61 Å². The van der Waals surface area contributed by atoms with E-state index in [9.17, 15) is 4.79 Å².